The van der Waals surface area contributed by atoms with Crippen molar-refractivity contribution >= 4 is 22.4 Å². The highest BCUT2D eigenvalue weighted by Crippen LogP contribution is 2.53. The van der Waals surface area contributed by atoms with Crippen LogP contribution in [0.15, 0.2) is 237 Å². The Kier molecular flexibility index (Phi) is 12.3. The molecule has 3 saturated heterocycles. The predicted octanol–water partition coefficient (Wildman–Crippen LogP) is 15.8. The van der Waals surface area contributed by atoms with Gasteiger partial charge in [-0.15, -0.1) is 6.58 Å². The van der Waals surface area contributed by atoms with Crippen LogP contribution >= 0.6 is 0 Å². The normalized spacial score (nSPS) is 18.5. The molecule has 5 heterocycles. The number of hydrogen-bond donors (Lipinski definition) is 0. The number of nitrogens with zero attached hydrogens (tertiary/aromatic N) is 5. The van der Waals surface area contributed by atoms with Crippen molar-refractivity contribution in [1.82, 2.24) is 19.4 Å². The topological polar surface area (TPSA) is 51.1 Å². The summed E-state index contributed by atoms with van der Waals surface area (Å²) in [6.45, 7) is 6.36. The molecule has 356 valence electrons. The van der Waals surface area contributed by atoms with E-state index in [1.165, 1.54) is 50.2 Å². The fourth-order valence-electron chi connectivity index (χ4n) is 11.8. The van der Waals surface area contributed by atoms with Gasteiger partial charge in [0.25, 0.3) is 0 Å². The van der Waals surface area contributed by atoms with Crippen molar-refractivity contribution < 1.29 is 4.74 Å². The maximum atomic E-state index is 7.95. The van der Waals surface area contributed by atoms with Gasteiger partial charge in [0.1, 0.15) is 17.5 Å². The number of ether oxygens (including phenoxy) is 1. The number of benzene rings is 8. The van der Waals surface area contributed by atoms with Gasteiger partial charge in [-0.3, -0.25) is 9.47 Å². The van der Waals surface area contributed by atoms with Crippen molar-refractivity contribution in [3.63, 3.8) is 0 Å². The molecule has 5 atom stereocenters. The number of anilines is 1. The van der Waals surface area contributed by atoms with Crippen LogP contribution in [0, 0.1) is 11.8 Å². The number of hydrogen-bond acceptors (Lipinski definition) is 5. The summed E-state index contributed by atoms with van der Waals surface area (Å²) in [6, 6.07) is 78.3. The summed E-state index contributed by atoms with van der Waals surface area (Å²) in [5.41, 5.74) is 15.6. The van der Waals surface area contributed by atoms with Gasteiger partial charge in [-0.1, -0.05) is 194 Å². The largest absolute Gasteiger partial charge is 0.462 e. The quantitative estimate of drug-likeness (QED) is 0.0851. The third kappa shape index (κ3) is 8.78. The van der Waals surface area contributed by atoms with Crippen LogP contribution in [0.1, 0.15) is 24.5 Å². The molecule has 13 rings (SSSR count). The molecule has 3 aliphatic heterocycles. The van der Waals surface area contributed by atoms with Crippen molar-refractivity contribution in [3.05, 3.63) is 243 Å². The molecule has 6 heteroatoms. The maximum absolute atomic E-state index is 7.95. The third-order valence-corrected chi connectivity index (χ3v) is 15.6. The van der Waals surface area contributed by atoms with Crippen LogP contribution in [0.5, 0.6) is 5.88 Å². The first-order valence-electron chi connectivity index (χ1n) is 25.6. The first kappa shape index (κ1) is 45.7. The maximum Gasteiger partial charge on any atom is 0.228 e. The predicted molar refractivity (Wildman–Crippen MR) is 302 cm³/mol. The van der Waals surface area contributed by atoms with Gasteiger partial charge in [0.15, 0.2) is 11.9 Å². The highest BCUT2D eigenvalue weighted by Gasteiger charge is 2.57. The van der Waals surface area contributed by atoms with E-state index in [0.29, 0.717) is 23.5 Å². The van der Waals surface area contributed by atoms with Crippen molar-refractivity contribution in [1.29, 1.82) is 0 Å². The SMILES string of the molecule is C=C[C@H]1C[N+]2(c3cc(-c4ccc(-c5ccccc5)cc4)cc(-c4ccc(-c5ccccc5)cc4)c3)CC[C@H]1C[C@@H]2[C@@H](Oc1nc(-c2ccccc2)nc(N(C)C)c1-c1ccccc1)c1ccnc2ccccc12. The zero-order valence-electron chi connectivity index (χ0n) is 41.4. The Morgan fingerprint density at radius 3 is 1.63 bits per heavy atom. The molecule has 1 unspecified atom stereocenters. The fraction of sp³-hybridized carbons (Fsp3) is 0.149. The van der Waals surface area contributed by atoms with E-state index in [1.807, 2.05) is 24.4 Å². The van der Waals surface area contributed by atoms with Crippen LogP contribution in [-0.2, 0) is 0 Å². The van der Waals surface area contributed by atoms with Crippen LogP contribution in [0.25, 0.3) is 77.9 Å². The lowest BCUT2D eigenvalue weighted by atomic mass is 9.70. The zero-order valence-corrected chi connectivity index (χ0v) is 41.4. The summed E-state index contributed by atoms with van der Waals surface area (Å²) < 4.78 is 8.67. The molecule has 0 spiro atoms. The summed E-state index contributed by atoms with van der Waals surface area (Å²) in [6.07, 6.45) is 5.76. The Morgan fingerprint density at radius 1 is 0.562 bits per heavy atom. The molecule has 0 aliphatic carbocycles. The fourth-order valence-corrected chi connectivity index (χ4v) is 11.8. The molecule has 0 radical (unpaired) electrons. The minimum Gasteiger partial charge on any atom is -0.462 e. The van der Waals surface area contributed by atoms with Crippen molar-refractivity contribution in [2.75, 3.05) is 32.1 Å². The van der Waals surface area contributed by atoms with E-state index in [2.05, 4.69) is 232 Å². The molecule has 6 nitrogen and oxygen atoms in total. The van der Waals surface area contributed by atoms with Gasteiger partial charge >= 0.3 is 0 Å². The van der Waals surface area contributed by atoms with Gasteiger partial charge in [-0.05, 0) is 74.2 Å². The van der Waals surface area contributed by atoms with Gasteiger partial charge in [0.2, 0.25) is 5.88 Å². The summed E-state index contributed by atoms with van der Waals surface area (Å²) in [5, 5.41) is 1.08. The molecular weight excluding hydrogens is 891 g/mol. The van der Waals surface area contributed by atoms with E-state index in [1.54, 1.807) is 0 Å². The molecule has 10 aromatic rings. The van der Waals surface area contributed by atoms with Gasteiger partial charge < -0.3 is 9.64 Å². The monoisotopic (exact) mass is 948 g/mol. The number of piperidine rings is 3. The molecule has 2 aromatic heterocycles. The Hall–Kier alpha value is -8.45. The average molecular weight is 949 g/mol. The number of rotatable bonds is 13. The number of quaternary nitrogens is 1. The Balaban J connectivity index is 1.07. The van der Waals surface area contributed by atoms with Gasteiger partial charge in [0.05, 0.1) is 24.2 Å². The van der Waals surface area contributed by atoms with E-state index in [-0.39, 0.29) is 6.04 Å². The summed E-state index contributed by atoms with van der Waals surface area (Å²) in [7, 11) is 4.11. The van der Waals surface area contributed by atoms with Crippen LogP contribution in [0.3, 0.4) is 0 Å². The summed E-state index contributed by atoms with van der Waals surface area (Å²) in [4.78, 5) is 17.7. The van der Waals surface area contributed by atoms with E-state index in [9.17, 15) is 0 Å². The van der Waals surface area contributed by atoms with Gasteiger partial charge in [-0.2, -0.15) is 4.98 Å². The van der Waals surface area contributed by atoms with E-state index in [4.69, 9.17) is 19.7 Å². The lowest BCUT2D eigenvalue weighted by Gasteiger charge is -2.58. The first-order chi connectivity index (χ1) is 35.9. The smallest absolute Gasteiger partial charge is 0.228 e. The Morgan fingerprint density at radius 2 is 1.07 bits per heavy atom. The second-order valence-corrected chi connectivity index (χ2v) is 20.0. The first-order valence-corrected chi connectivity index (χ1v) is 25.6. The van der Waals surface area contributed by atoms with Crippen LogP contribution < -0.4 is 14.1 Å². The third-order valence-electron chi connectivity index (χ3n) is 15.6. The van der Waals surface area contributed by atoms with Gasteiger partial charge in [0, 0.05) is 67.7 Å². The number of fused-ring (bicyclic) bond motifs is 4. The Bertz CT molecular complexity index is 3440. The Labute approximate surface area is 429 Å². The molecule has 0 saturated carbocycles. The van der Waals surface area contributed by atoms with Crippen molar-refractivity contribution in [2.45, 2.75) is 25.0 Å². The van der Waals surface area contributed by atoms with Crippen molar-refractivity contribution in [2.24, 2.45) is 11.8 Å². The van der Waals surface area contributed by atoms with Gasteiger partial charge in [-0.25, -0.2) is 4.98 Å². The molecular formula is C67H58N5O+. The second kappa shape index (κ2) is 19.6. The molecule has 73 heavy (non-hydrogen) atoms. The number of aromatic nitrogens is 3. The molecule has 3 fully saturated rings. The molecule has 0 amide bonds. The number of para-hydroxylation sites is 1. The van der Waals surface area contributed by atoms with Crippen LogP contribution in [0.2, 0.25) is 0 Å². The van der Waals surface area contributed by atoms with E-state index < -0.39 is 6.10 Å². The van der Waals surface area contributed by atoms with Crippen LogP contribution in [0.4, 0.5) is 11.5 Å². The second-order valence-electron chi connectivity index (χ2n) is 20.0. The van der Waals surface area contributed by atoms with Crippen molar-refractivity contribution in [3.8, 4) is 72.9 Å². The highest BCUT2D eigenvalue weighted by atomic mass is 16.5. The minimum absolute atomic E-state index is 0.0219. The van der Waals surface area contributed by atoms with Crippen LogP contribution in [-0.4, -0.2) is 48.2 Å². The summed E-state index contributed by atoms with van der Waals surface area (Å²) >= 11 is 0. The van der Waals surface area contributed by atoms with E-state index in [0.717, 1.165) is 69.4 Å². The standard InChI is InChI=1S/C67H58N5O/c1-4-46-45-72(58-42-56(51-33-29-49(30-34-51)47-19-9-5-10-20-47)41-57(43-58)52-35-31-50(32-36-52)48-21-11-6-12-22-48)40-38-55(46)44-62(72)64(60-37-39-68-61-28-18-17-27-59(60)61)73-67-63(53-23-13-7-14-24-53)66(71(2)3)69-65(70-67)54-25-15-8-16-26-54/h4-37,39,41-43,46,55,62,64H,1,38,40,44-45H2,2-3H3/q+1/t46-,55-,62+,64-,72?/m0/s1. The minimum atomic E-state index is -0.445. The number of pyridine rings is 1. The lowest BCUT2D eigenvalue weighted by molar-refractivity contribution is -0.0314. The zero-order chi connectivity index (χ0) is 49.3. The average Bonchev–Trinajstić information content (AvgIpc) is 3.47. The highest BCUT2D eigenvalue weighted by molar-refractivity contribution is 5.85. The summed E-state index contributed by atoms with van der Waals surface area (Å²) in [5.74, 6) is 2.74. The molecule has 8 aromatic carbocycles. The van der Waals surface area contributed by atoms with E-state index >= 15 is 0 Å². The molecule has 3 aliphatic rings. The molecule has 0 N–H and O–H groups in total. The lowest BCUT2D eigenvalue weighted by Crippen LogP contribution is -2.70. The molecule has 2 bridgehead atoms.